The van der Waals surface area contributed by atoms with Gasteiger partial charge in [-0.25, -0.2) is 4.98 Å². The Labute approximate surface area is 168 Å². The number of aromatic nitrogens is 2. The maximum absolute atomic E-state index is 12.5. The van der Waals surface area contributed by atoms with E-state index in [1.165, 1.54) is 30.3 Å². The Hall–Kier alpha value is -3.89. The van der Waals surface area contributed by atoms with Crippen LogP contribution in [0.15, 0.2) is 54.6 Å². The summed E-state index contributed by atoms with van der Waals surface area (Å²) in [5.74, 6) is 0.329. The molecule has 8 nitrogen and oxygen atoms in total. The molecule has 1 heterocycles. The van der Waals surface area contributed by atoms with E-state index in [0.717, 1.165) is 5.56 Å². The molecule has 0 amide bonds. The van der Waals surface area contributed by atoms with E-state index in [1.54, 1.807) is 31.3 Å². The van der Waals surface area contributed by atoms with Gasteiger partial charge in [0.2, 0.25) is 5.95 Å². The summed E-state index contributed by atoms with van der Waals surface area (Å²) in [5.41, 5.74) is 1.57. The summed E-state index contributed by atoms with van der Waals surface area (Å²) in [6, 6.07) is 13.1. The average Bonchev–Trinajstić information content (AvgIpc) is 2.71. The molecular formula is C19H16F3N5O3. The number of hydrogen-bond acceptors (Lipinski definition) is 7. The van der Waals surface area contributed by atoms with Crippen molar-refractivity contribution >= 4 is 17.5 Å². The van der Waals surface area contributed by atoms with E-state index >= 15 is 0 Å². The molecule has 0 radical (unpaired) electrons. The van der Waals surface area contributed by atoms with E-state index < -0.39 is 11.3 Å². The second kappa shape index (κ2) is 8.64. The van der Waals surface area contributed by atoms with Gasteiger partial charge in [0.05, 0.1) is 10.6 Å². The molecule has 0 saturated carbocycles. The normalized spacial score (nSPS) is 11.1. The molecule has 0 unspecified atom stereocenters. The van der Waals surface area contributed by atoms with Crippen LogP contribution in [0.4, 0.5) is 30.6 Å². The maximum atomic E-state index is 12.5. The lowest BCUT2D eigenvalue weighted by Gasteiger charge is -2.12. The molecule has 0 atom stereocenters. The van der Waals surface area contributed by atoms with Gasteiger partial charge in [0.15, 0.2) is 0 Å². The fraction of sp³-hybridized carbons (Fsp3) is 0.158. The number of anilines is 2. The fourth-order valence-corrected chi connectivity index (χ4v) is 2.58. The first-order chi connectivity index (χ1) is 14.2. The second-order valence-corrected chi connectivity index (χ2v) is 6.06. The number of non-ortho nitro benzene ring substituents is 1. The number of halogens is 3. The largest absolute Gasteiger partial charge is 0.573 e. The second-order valence-electron chi connectivity index (χ2n) is 6.06. The van der Waals surface area contributed by atoms with Crippen LogP contribution in [0, 0.1) is 10.1 Å². The van der Waals surface area contributed by atoms with Crippen molar-refractivity contribution in [2.45, 2.75) is 12.9 Å². The number of nitro benzene ring substituents is 1. The van der Waals surface area contributed by atoms with Crippen LogP contribution in [0.5, 0.6) is 5.75 Å². The van der Waals surface area contributed by atoms with E-state index in [-0.39, 0.29) is 17.4 Å². The third-order valence-electron chi connectivity index (χ3n) is 3.93. The molecule has 2 aromatic carbocycles. The quantitative estimate of drug-likeness (QED) is 0.426. The van der Waals surface area contributed by atoms with Crippen molar-refractivity contribution in [1.29, 1.82) is 0 Å². The van der Waals surface area contributed by atoms with Crippen molar-refractivity contribution in [2.24, 2.45) is 0 Å². The molecule has 0 spiro atoms. The van der Waals surface area contributed by atoms with E-state index in [4.69, 9.17) is 0 Å². The molecule has 11 heteroatoms. The van der Waals surface area contributed by atoms with Gasteiger partial charge in [0.25, 0.3) is 5.69 Å². The van der Waals surface area contributed by atoms with Gasteiger partial charge in [0.1, 0.15) is 11.6 Å². The van der Waals surface area contributed by atoms with Gasteiger partial charge in [-0.3, -0.25) is 10.1 Å². The zero-order chi connectivity index (χ0) is 21.7. The Morgan fingerprint density at radius 2 is 1.83 bits per heavy atom. The highest BCUT2D eigenvalue weighted by Crippen LogP contribution is 2.28. The van der Waals surface area contributed by atoms with Gasteiger partial charge < -0.3 is 15.4 Å². The molecule has 0 aliphatic heterocycles. The van der Waals surface area contributed by atoms with Crippen LogP contribution in [0.1, 0.15) is 5.56 Å². The molecule has 156 valence electrons. The van der Waals surface area contributed by atoms with Crippen molar-refractivity contribution < 1.29 is 22.8 Å². The van der Waals surface area contributed by atoms with Crippen LogP contribution in [0.2, 0.25) is 0 Å². The molecule has 30 heavy (non-hydrogen) atoms. The molecule has 0 fully saturated rings. The predicted molar refractivity (Wildman–Crippen MR) is 104 cm³/mol. The Morgan fingerprint density at radius 3 is 2.47 bits per heavy atom. The number of nitrogens with one attached hydrogen (secondary N) is 2. The molecule has 0 saturated heterocycles. The lowest BCUT2D eigenvalue weighted by molar-refractivity contribution is -0.384. The molecule has 2 N–H and O–H groups in total. The maximum Gasteiger partial charge on any atom is 0.573 e. The van der Waals surface area contributed by atoms with Crippen LogP contribution in [0.3, 0.4) is 0 Å². The Balaban J connectivity index is 1.81. The minimum absolute atomic E-state index is 0.0125. The van der Waals surface area contributed by atoms with E-state index in [1.807, 2.05) is 0 Å². The van der Waals surface area contributed by atoms with Crippen molar-refractivity contribution in [1.82, 2.24) is 9.97 Å². The minimum Gasteiger partial charge on any atom is -0.406 e. The minimum atomic E-state index is -4.79. The Kier molecular flexibility index (Phi) is 6.00. The van der Waals surface area contributed by atoms with Crippen LogP contribution >= 0.6 is 0 Å². The third-order valence-corrected chi connectivity index (χ3v) is 3.93. The lowest BCUT2D eigenvalue weighted by atomic mass is 10.1. The highest BCUT2D eigenvalue weighted by Gasteiger charge is 2.31. The number of hydrogen-bond donors (Lipinski definition) is 2. The first-order valence-corrected chi connectivity index (χ1v) is 8.64. The predicted octanol–water partition coefficient (Wildman–Crippen LogP) is 4.60. The smallest absolute Gasteiger partial charge is 0.406 e. The third kappa shape index (κ3) is 5.56. The summed E-state index contributed by atoms with van der Waals surface area (Å²) in [7, 11) is 1.61. The zero-order valence-electron chi connectivity index (χ0n) is 15.6. The highest BCUT2D eigenvalue weighted by atomic mass is 19.4. The van der Waals surface area contributed by atoms with E-state index in [9.17, 15) is 23.3 Å². The van der Waals surface area contributed by atoms with Crippen molar-refractivity contribution in [2.75, 3.05) is 17.7 Å². The van der Waals surface area contributed by atoms with Gasteiger partial charge in [-0.05, 0) is 17.7 Å². The first kappa shape index (κ1) is 20.8. The van der Waals surface area contributed by atoms with Crippen molar-refractivity contribution in [3.63, 3.8) is 0 Å². The van der Waals surface area contributed by atoms with Gasteiger partial charge in [-0.15, -0.1) is 13.2 Å². The van der Waals surface area contributed by atoms with Gasteiger partial charge >= 0.3 is 6.36 Å². The fourth-order valence-electron chi connectivity index (χ4n) is 2.58. The van der Waals surface area contributed by atoms with E-state index in [2.05, 4.69) is 25.3 Å². The molecule has 3 aromatic rings. The van der Waals surface area contributed by atoms with Gasteiger partial charge in [0, 0.05) is 37.4 Å². The van der Waals surface area contributed by atoms with Gasteiger partial charge in [-0.2, -0.15) is 4.98 Å². The molecule has 3 rings (SSSR count). The summed E-state index contributed by atoms with van der Waals surface area (Å²) in [5, 5.41) is 16.6. The number of benzene rings is 2. The average molecular weight is 419 g/mol. The van der Waals surface area contributed by atoms with Crippen LogP contribution in [-0.2, 0) is 6.54 Å². The number of alkyl halides is 3. The summed E-state index contributed by atoms with van der Waals surface area (Å²) in [4.78, 5) is 18.8. The molecule has 1 aromatic heterocycles. The molecule has 0 bridgehead atoms. The lowest BCUT2D eigenvalue weighted by Crippen LogP contribution is -2.17. The number of rotatable bonds is 7. The Morgan fingerprint density at radius 1 is 1.10 bits per heavy atom. The summed E-state index contributed by atoms with van der Waals surface area (Å²) >= 11 is 0. The molecular weight excluding hydrogens is 403 g/mol. The van der Waals surface area contributed by atoms with Crippen LogP contribution in [0.25, 0.3) is 11.3 Å². The standard InChI is InChI=1S/C19H16F3N5O3/c1-23-18-25-16(13-3-2-4-15(9-13)30-19(20,21)22)10-17(26-18)24-11-12-5-7-14(8-6-12)27(28)29/h2-10H,11H2,1H3,(H2,23,24,25,26). The van der Waals surface area contributed by atoms with Crippen molar-refractivity contribution in [3.8, 4) is 17.0 Å². The van der Waals surface area contributed by atoms with Crippen LogP contribution < -0.4 is 15.4 Å². The summed E-state index contributed by atoms with van der Waals surface area (Å²) in [6.45, 7) is 0.328. The molecule has 0 aliphatic carbocycles. The first-order valence-electron chi connectivity index (χ1n) is 8.64. The SMILES string of the molecule is CNc1nc(NCc2ccc([N+](=O)[O-])cc2)cc(-c2cccc(OC(F)(F)F)c2)n1. The van der Waals surface area contributed by atoms with Gasteiger partial charge in [-0.1, -0.05) is 24.3 Å². The highest BCUT2D eigenvalue weighted by molar-refractivity contribution is 5.66. The number of nitro groups is 1. The number of ether oxygens (including phenoxy) is 1. The van der Waals surface area contributed by atoms with Crippen LogP contribution in [-0.4, -0.2) is 28.3 Å². The van der Waals surface area contributed by atoms with E-state index in [0.29, 0.717) is 23.6 Å². The van der Waals surface area contributed by atoms with Crippen molar-refractivity contribution in [3.05, 3.63) is 70.3 Å². The summed E-state index contributed by atoms with van der Waals surface area (Å²) in [6.07, 6.45) is -4.79. The molecule has 0 aliphatic rings. The topological polar surface area (TPSA) is 102 Å². The number of nitrogens with zero attached hydrogens (tertiary/aromatic N) is 3. The monoisotopic (exact) mass is 419 g/mol. The zero-order valence-corrected chi connectivity index (χ0v) is 15.6. The Bertz CT molecular complexity index is 1040. The summed E-state index contributed by atoms with van der Waals surface area (Å²) < 4.78 is 41.4.